The fraction of sp³-hybridized carbons (Fsp3) is 0.217. The molecule has 1 atom stereocenters. The summed E-state index contributed by atoms with van der Waals surface area (Å²) in [5.41, 5.74) is 3.78. The molecule has 138 valence electrons. The molecule has 0 amide bonds. The number of aliphatic hydroxyl groups is 1. The lowest BCUT2D eigenvalue weighted by atomic mass is 10.0. The summed E-state index contributed by atoms with van der Waals surface area (Å²) in [6, 6.07) is 25.2. The lowest BCUT2D eigenvalue weighted by Crippen LogP contribution is -2.02. The van der Waals surface area contributed by atoms with Crippen molar-refractivity contribution in [2.75, 3.05) is 13.2 Å². The van der Waals surface area contributed by atoms with Gasteiger partial charge in [0.25, 0.3) is 0 Å². The zero-order chi connectivity index (χ0) is 18.5. The van der Waals surface area contributed by atoms with E-state index in [4.69, 9.17) is 14.2 Å². The van der Waals surface area contributed by atoms with E-state index in [0.717, 1.165) is 28.0 Å². The monoisotopic (exact) mass is 362 g/mol. The van der Waals surface area contributed by atoms with E-state index in [0.29, 0.717) is 19.8 Å². The summed E-state index contributed by atoms with van der Waals surface area (Å²) in [6.45, 7) is 1.72. The van der Waals surface area contributed by atoms with Crippen LogP contribution in [-0.4, -0.2) is 18.3 Å². The minimum atomic E-state index is -0.636. The third kappa shape index (κ3) is 4.37. The summed E-state index contributed by atoms with van der Waals surface area (Å²) in [7, 11) is 0. The zero-order valence-electron chi connectivity index (χ0n) is 15.0. The quantitative estimate of drug-likeness (QED) is 0.706. The van der Waals surface area contributed by atoms with Gasteiger partial charge in [-0.15, -0.1) is 0 Å². The van der Waals surface area contributed by atoms with Gasteiger partial charge in [0, 0.05) is 5.56 Å². The molecule has 1 saturated heterocycles. The number of hydrogen-bond acceptors (Lipinski definition) is 4. The lowest BCUT2D eigenvalue weighted by molar-refractivity contribution is -0.0441. The number of benzene rings is 3. The highest BCUT2D eigenvalue weighted by molar-refractivity contribution is 5.34. The normalized spacial score (nSPS) is 15.6. The number of ether oxygens (including phenoxy) is 3. The molecule has 3 aromatic carbocycles. The van der Waals surface area contributed by atoms with Crippen molar-refractivity contribution in [3.05, 3.63) is 101 Å². The summed E-state index contributed by atoms with van der Waals surface area (Å²) >= 11 is 0. The Hall–Kier alpha value is -2.66. The minimum absolute atomic E-state index is 0.274. The Bertz CT molecular complexity index is 855. The number of hydrogen-bond donors (Lipinski definition) is 1. The molecule has 1 unspecified atom stereocenters. The minimum Gasteiger partial charge on any atom is -0.489 e. The van der Waals surface area contributed by atoms with E-state index in [-0.39, 0.29) is 6.29 Å². The van der Waals surface area contributed by atoms with Gasteiger partial charge in [-0.25, -0.2) is 0 Å². The second-order valence-electron chi connectivity index (χ2n) is 6.49. The molecule has 0 bridgehead atoms. The average Bonchev–Trinajstić information content (AvgIpc) is 3.28. The van der Waals surface area contributed by atoms with Gasteiger partial charge in [-0.2, -0.15) is 0 Å². The summed E-state index contributed by atoms with van der Waals surface area (Å²) in [6.07, 6.45) is -0.910. The second-order valence-corrected chi connectivity index (χ2v) is 6.49. The molecule has 27 heavy (non-hydrogen) atoms. The molecule has 1 aliphatic rings. The van der Waals surface area contributed by atoms with E-state index in [1.54, 1.807) is 0 Å². The van der Waals surface area contributed by atoms with Gasteiger partial charge in [0.2, 0.25) is 0 Å². The largest absolute Gasteiger partial charge is 0.489 e. The first-order chi connectivity index (χ1) is 13.3. The third-order valence-corrected chi connectivity index (χ3v) is 4.56. The maximum atomic E-state index is 10.5. The van der Waals surface area contributed by atoms with E-state index in [2.05, 4.69) is 0 Å². The smallest absolute Gasteiger partial charge is 0.184 e. The van der Waals surface area contributed by atoms with Gasteiger partial charge in [-0.1, -0.05) is 60.7 Å². The second kappa shape index (κ2) is 8.35. The van der Waals surface area contributed by atoms with Crippen LogP contribution in [-0.2, 0) is 16.1 Å². The van der Waals surface area contributed by atoms with Crippen LogP contribution in [0.2, 0.25) is 0 Å². The van der Waals surface area contributed by atoms with Crippen LogP contribution in [0.1, 0.15) is 34.6 Å². The number of aliphatic hydroxyl groups excluding tert-OH is 1. The molecule has 1 aliphatic heterocycles. The Labute approximate surface area is 158 Å². The van der Waals surface area contributed by atoms with Crippen LogP contribution in [0.3, 0.4) is 0 Å². The summed E-state index contributed by atoms with van der Waals surface area (Å²) in [5, 5.41) is 10.5. The van der Waals surface area contributed by atoms with Crippen molar-refractivity contribution in [2.24, 2.45) is 0 Å². The first-order valence-electron chi connectivity index (χ1n) is 9.07. The highest BCUT2D eigenvalue weighted by Gasteiger charge is 2.18. The average molecular weight is 362 g/mol. The van der Waals surface area contributed by atoms with Crippen LogP contribution in [0.5, 0.6) is 5.75 Å². The Morgan fingerprint density at radius 2 is 1.56 bits per heavy atom. The molecule has 3 aromatic rings. The molecular formula is C23H22O4. The number of rotatable bonds is 6. The topological polar surface area (TPSA) is 47.9 Å². The Balaban J connectivity index is 1.38. The van der Waals surface area contributed by atoms with Crippen molar-refractivity contribution < 1.29 is 19.3 Å². The van der Waals surface area contributed by atoms with Crippen LogP contribution in [0, 0.1) is 0 Å². The van der Waals surface area contributed by atoms with Crippen LogP contribution in [0.4, 0.5) is 0 Å². The lowest BCUT2D eigenvalue weighted by Gasteiger charge is -2.13. The van der Waals surface area contributed by atoms with E-state index in [9.17, 15) is 5.11 Å². The summed E-state index contributed by atoms with van der Waals surface area (Å²) in [4.78, 5) is 0. The van der Waals surface area contributed by atoms with Gasteiger partial charge in [0.1, 0.15) is 18.5 Å². The van der Waals surface area contributed by atoms with Gasteiger partial charge < -0.3 is 19.3 Å². The van der Waals surface area contributed by atoms with Gasteiger partial charge in [-0.3, -0.25) is 0 Å². The van der Waals surface area contributed by atoms with Crippen molar-refractivity contribution in [1.29, 1.82) is 0 Å². The molecule has 0 saturated carbocycles. The molecule has 1 N–H and O–H groups in total. The molecule has 4 heteroatoms. The highest BCUT2D eigenvalue weighted by atomic mass is 16.7. The van der Waals surface area contributed by atoms with Crippen LogP contribution >= 0.6 is 0 Å². The Morgan fingerprint density at radius 3 is 2.30 bits per heavy atom. The SMILES string of the molecule is OC(c1ccccc1)c1ccc(OCc2cccc(C3OCCO3)c2)cc1. The summed E-state index contributed by atoms with van der Waals surface area (Å²) in [5.74, 6) is 0.762. The van der Waals surface area contributed by atoms with Gasteiger partial charge >= 0.3 is 0 Å². The van der Waals surface area contributed by atoms with Crippen molar-refractivity contribution in [3.63, 3.8) is 0 Å². The Kier molecular flexibility index (Phi) is 5.49. The molecule has 0 spiro atoms. The van der Waals surface area contributed by atoms with E-state index in [1.807, 2.05) is 78.9 Å². The van der Waals surface area contributed by atoms with Crippen molar-refractivity contribution in [1.82, 2.24) is 0 Å². The Morgan fingerprint density at radius 1 is 0.852 bits per heavy atom. The van der Waals surface area contributed by atoms with Crippen LogP contribution in [0.15, 0.2) is 78.9 Å². The van der Waals surface area contributed by atoms with E-state index in [1.165, 1.54) is 0 Å². The first kappa shape index (κ1) is 17.7. The molecule has 0 aromatic heterocycles. The first-order valence-corrected chi connectivity index (χ1v) is 9.07. The molecular weight excluding hydrogens is 340 g/mol. The molecule has 1 fully saturated rings. The van der Waals surface area contributed by atoms with Gasteiger partial charge in [0.15, 0.2) is 6.29 Å². The van der Waals surface area contributed by atoms with Crippen LogP contribution in [0.25, 0.3) is 0 Å². The highest BCUT2D eigenvalue weighted by Crippen LogP contribution is 2.26. The maximum absolute atomic E-state index is 10.5. The summed E-state index contributed by atoms with van der Waals surface area (Å²) < 4.78 is 17.0. The fourth-order valence-corrected chi connectivity index (χ4v) is 3.12. The van der Waals surface area contributed by atoms with Crippen molar-refractivity contribution >= 4 is 0 Å². The molecule has 0 aliphatic carbocycles. The maximum Gasteiger partial charge on any atom is 0.184 e. The molecule has 4 rings (SSSR count). The van der Waals surface area contributed by atoms with Gasteiger partial charge in [0.05, 0.1) is 13.2 Å². The fourth-order valence-electron chi connectivity index (χ4n) is 3.12. The predicted molar refractivity (Wildman–Crippen MR) is 102 cm³/mol. The van der Waals surface area contributed by atoms with Crippen LogP contribution < -0.4 is 4.74 Å². The van der Waals surface area contributed by atoms with Crippen molar-refractivity contribution in [3.8, 4) is 5.75 Å². The molecule has 4 nitrogen and oxygen atoms in total. The molecule has 1 heterocycles. The van der Waals surface area contributed by atoms with E-state index < -0.39 is 6.10 Å². The van der Waals surface area contributed by atoms with E-state index >= 15 is 0 Å². The van der Waals surface area contributed by atoms with Gasteiger partial charge in [-0.05, 0) is 34.9 Å². The van der Waals surface area contributed by atoms with Crippen molar-refractivity contribution in [2.45, 2.75) is 19.0 Å². The molecule has 0 radical (unpaired) electrons. The third-order valence-electron chi connectivity index (χ3n) is 4.56. The standard InChI is InChI=1S/C23H22O4/c24-22(18-6-2-1-3-7-18)19-9-11-21(12-10-19)27-16-17-5-4-8-20(15-17)23-25-13-14-26-23/h1-12,15,22-24H,13-14,16H2. The zero-order valence-corrected chi connectivity index (χ0v) is 15.0. The predicted octanol–water partition coefficient (Wildman–Crippen LogP) is 4.39.